The Bertz CT molecular complexity index is 1460. The summed E-state index contributed by atoms with van der Waals surface area (Å²) in [7, 11) is -2.76. The number of methoxy groups -OCH3 is 1. The summed E-state index contributed by atoms with van der Waals surface area (Å²) in [6.45, 7) is 4.99. The van der Waals surface area contributed by atoms with Crippen molar-refractivity contribution in [1.82, 2.24) is 9.80 Å². The van der Waals surface area contributed by atoms with Gasteiger partial charge in [0, 0.05) is 61.6 Å². The Morgan fingerprint density at radius 1 is 0.950 bits per heavy atom. The second-order valence-corrected chi connectivity index (χ2v) is 12.5. The number of piperazine rings is 1. The summed E-state index contributed by atoms with van der Waals surface area (Å²) in [5.74, 6) is -0.0810. The van der Waals surface area contributed by atoms with Gasteiger partial charge in [-0.2, -0.15) is 0 Å². The number of anilines is 2. The number of sulfonamides is 1. The average Bonchev–Trinajstić information content (AvgIpc) is 2.99. The van der Waals surface area contributed by atoms with E-state index in [9.17, 15) is 13.2 Å². The van der Waals surface area contributed by atoms with Gasteiger partial charge >= 0.3 is 0 Å². The molecule has 3 aromatic rings. The van der Waals surface area contributed by atoms with Crippen molar-refractivity contribution in [2.75, 3.05) is 56.0 Å². The predicted molar refractivity (Wildman–Crippen MR) is 159 cm³/mol. The van der Waals surface area contributed by atoms with Crippen LogP contribution in [0.2, 0.25) is 10.0 Å². The summed E-state index contributed by atoms with van der Waals surface area (Å²) in [5.41, 5.74) is 1.66. The first-order valence-corrected chi connectivity index (χ1v) is 15.5. The molecule has 2 saturated heterocycles. The van der Waals surface area contributed by atoms with E-state index >= 15 is 0 Å². The number of likely N-dealkylation sites (tertiary alicyclic amines) is 1. The highest BCUT2D eigenvalue weighted by Crippen LogP contribution is 2.32. The zero-order valence-corrected chi connectivity index (χ0v) is 24.6. The van der Waals surface area contributed by atoms with Gasteiger partial charge in [0.25, 0.3) is 15.9 Å². The number of piperidine rings is 1. The monoisotopic (exact) mass is 602 g/mol. The number of hydrogen-bond acceptors (Lipinski definition) is 6. The molecule has 0 aromatic heterocycles. The summed E-state index contributed by atoms with van der Waals surface area (Å²) < 4.78 is 34.5. The van der Waals surface area contributed by atoms with E-state index in [1.807, 2.05) is 11.0 Å². The molecule has 3 aromatic carbocycles. The van der Waals surface area contributed by atoms with Crippen molar-refractivity contribution in [3.05, 3.63) is 82.3 Å². The van der Waals surface area contributed by atoms with Crippen molar-refractivity contribution in [3.8, 4) is 5.75 Å². The number of nitrogens with zero attached hydrogens (tertiary/aromatic N) is 3. The van der Waals surface area contributed by atoms with Gasteiger partial charge in [0.15, 0.2) is 0 Å². The van der Waals surface area contributed by atoms with E-state index in [1.165, 1.54) is 37.1 Å². The quantitative estimate of drug-likeness (QED) is 0.399. The van der Waals surface area contributed by atoms with Crippen molar-refractivity contribution >= 4 is 50.5 Å². The number of para-hydroxylation sites is 1. The number of ether oxygens (including phenoxy) is 1. The van der Waals surface area contributed by atoms with Crippen LogP contribution in [-0.4, -0.2) is 76.5 Å². The van der Waals surface area contributed by atoms with Gasteiger partial charge in [-0.05, 0) is 61.4 Å². The van der Waals surface area contributed by atoms with Gasteiger partial charge in [0.1, 0.15) is 10.6 Å². The summed E-state index contributed by atoms with van der Waals surface area (Å²) in [6, 6.07) is 19.7. The van der Waals surface area contributed by atoms with Crippen LogP contribution in [0.3, 0.4) is 0 Å². The minimum absolute atomic E-state index is 0.120. The van der Waals surface area contributed by atoms with Gasteiger partial charge in [0.05, 0.1) is 17.8 Å². The molecule has 1 atom stereocenters. The molecule has 1 N–H and O–H groups in total. The number of amides is 1. The first-order chi connectivity index (χ1) is 19.2. The van der Waals surface area contributed by atoms with Crippen LogP contribution in [0.15, 0.2) is 71.6 Å². The van der Waals surface area contributed by atoms with E-state index in [2.05, 4.69) is 38.8 Å². The van der Waals surface area contributed by atoms with E-state index < -0.39 is 10.0 Å². The molecule has 11 heteroatoms. The van der Waals surface area contributed by atoms with Gasteiger partial charge in [-0.1, -0.05) is 41.4 Å². The fourth-order valence-electron chi connectivity index (χ4n) is 5.40. The second-order valence-electron chi connectivity index (χ2n) is 10.0. The van der Waals surface area contributed by atoms with Gasteiger partial charge in [-0.15, -0.1) is 0 Å². The topological polar surface area (TPSA) is 82.2 Å². The van der Waals surface area contributed by atoms with E-state index in [-0.39, 0.29) is 38.9 Å². The Labute approximate surface area is 245 Å². The molecule has 1 unspecified atom stereocenters. The minimum Gasteiger partial charge on any atom is -0.495 e. The van der Waals surface area contributed by atoms with Crippen LogP contribution in [0, 0.1) is 0 Å². The Kier molecular flexibility index (Phi) is 8.75. The van der Waals surface area contributed by atoms with Crippen molar-refractivity contribution < 1.29 is 17.9 Å². The zero-order chi connectivity index (χ0) is 28.3. The van der Waals surface area contributed by atoms with Crippen molar-refractivity contribution in [3.63, 3.8) is 0 Å². The Hall–Kier alpha value is -2.98. The average molecular weight is 604 g/mol. The molecule has 0 aliphatic carbocycles. The number of nitrogens with one attached hydrogen (secondary N) is 1. The van der Waals surface area contributed by atoms with Crippen LogP contribution in [-0.2, 0) is 10.0 Å². The Morgan fingerprint density at radius 3 is 2.42 bits per heavy atom. The number of benzene rings is 3. The molecule has 8 nitrogen and oxygen atoms in total. The predicted octanol–water partition coefficient (Wildman–Crippen LogP) is 5.23. The summed E-state index contributed by atoms with van der Waals surface area (Å²) in [4.78, 5) is 20.2. The molecule has 2 fully saturated rings. The molecular weight excluding hydrogens is 571 g/mol. The molecule has 0 radical (unpaired) electrons. The molecule has 212 valence electrons. The highest BCUT2D eigenvalue weighted by Gasteiger charge is 2.31. The van der Waals surface area contributed by atoms with Crippen molar-refractivity contribution in [2.45, 2.75) is 23.8 Å². The molecule has 0 bridgehead atoms. The number of rotatable bonds is 7. The largest absolute Gasteiger partial charge is 0.495 e. The first kappa shape index (κ1) is 28.5. The lowest BCUT2D eigenvalue weighted by molar-refractivity contribution is 0.0563. The van der Waals surface area contributed by atoms with Crippen LogP contribution >= 0.6 is 23.2 Å². The van der Waals surface area contributed by atoms with Crippen molar-refractivity contribution in [2.24, 2.45) is 0 Å². The van der Waals surface area contributed by atoms with Crippen LogP contribution in [0.5, 0.6) is 5.75 Å². The lowest BCUT2D eigenvalue weighted by Gasteiger charge is -2.44. The lowest BCUT2D eigenvalue weighted by Crippen LogP contribution is -2.55. The molecule has 0 spiro atoms. The van der Waals surface area contributed by atoms with E-state index in [0.717, 1.165) is 39.0 Å². The second kappa shape index (κ2) is 12.3. The summed E-state index contributed by atoms with van der Waals surface area (Å²) in [5, 5.41) is 0.530. The smallest absolute Gasteiger partial charge is 0.265 e. The third kappa shape index (κ3) is 6.33. The van der Waals surface area contributed by atoms with Gasteiger partial charge in [-0.25, -0.2) is 8.42 Å². The normalized spacial score (nSPS) is 18.4. The number of carbonyl (C=O) groups is 1. The number of halogens is 2. The highest BCUT2D eigenvalue weighted by atomic mass is 35.5. The summed E-state index contributed by atoms with van der Waals surface area (Å²) >= 11 is 12.2. The van der Waals surface area contributed by atoms with Gasteiger partial charge in [-0.3, -0.25) is 14.4 Å². The molecule has 0 saturated carbocycles. The fraction of sp³-hybridized carbons (Fsp3) is 0.345. The molecule has 2 aliphatic heterocycles. The molecule has 40 heavy (non-hydrogen) atoms. The standard InChI is InChI=1S/C29H32Cl2N4O4S/c1-39-27-12-9-21(18-28(27)40(37,38)32-26-19-22(30)10-11-25(26)31)29(36)35-13-5-8-24(20-35)34-16-14-33(15-17-34)23-6-3-2-4-7-23/h2-4,6-7,9-12,18-19,24,32H,5,8,13-17,20H2,1H3. The van der Waals surface area contributed by atoms with Gasteiger partial charge < -0.3 is 14.5 Å². The lowest BCUT2D eigenvalue weighted by atomic mass is 10.0. The SMILES string of the molecule is COc1ccc(C(=O)N2CCCC(N3CCN(c4ccccc4)CC3)C2)cc1S(=O)(=O)Nc1cc(Cl)ccc1Cl. The molecule has 2 aliphatic rings. The fourth-order valence-corrected chi connectivity index (χ4v) is 7.06. The molecule has 5 rings (SSSR count). The van der Waals surface area contributed by atoms with Gasteiger partial charge in [0.2, 0.25) is 0 Å². The van der Waals surface area contributed by atoms with E-state index in [0.29, 0.717) is 18.1 Å². The zero-order valence-electron chi connectivity index (χ0n) is 22.2. The highest BCUT2D eigenvalue weighted by molar-refractivity contribution is 7.92. The minimum atomic E-state index is -4.14. The summed E-state index contributed by atoms with van der Waals surface area (Å²) in [6.07, 6.45) is 1.92. The van der Waals surface area contributed by atoms with Crippen molar-refractivity contribution in [1.29, 1.82) is 0 Å². The van der Waals surface area contributed by atoms with E-state index in [4.69, 9.17) is 27.9 Å². The Balaban J connectivity index is 1.29. The Morgan fingerprint density at radius 2 is 1.70 bits per heavy atom. The maximum atomic E-state index is 13.6. The van der Waals surface area contributed by atoms with Crippen LogP contribution in [0.1, 0.15) is 23.2 Å². The molecular formula is C29H32Cl2N4O4S. The van der Waals surface area contributed by atoms with Crippen LogP contribution < -0.4 is 14.4 Å². The molecule has 2 heterocycles. The maximum Gasteiger partial charge on any atom is 0.265 e. The molecule has 1 amide bonds. The third-order valence-electron chi connectivity index (χ3n) is 7.51. The maximum absolute atomic E-state index is 13.6. The van der Waals surface area contributed by atoms with Crippen LogP contribution in [0.25, 0.3) is 0 Å². The third-order valence-corrected chi connectivity index (χ3v) is 9.46. The van der Waals surface area contributed by atoms with E-state index in [1.54, 1.807) is 12.1 Å². The number of hydrogen-bond donors (Lipinski definition) is 1. The number of carbonyl (C=O) groups excluding carboxylic acids is 1. The van der Waals surface area contributed by atoms with Crippen LogP contribution in [0.4, 0.5) is 11.4 Å². The first-order valence-electron chi connectivity index (χ1n) is 13.2.